The number of phenols is 1. The Morgan fingerprint density at radius 3 is 1.88 bits per heavy atom. The third-order valence-electron chi connectivity index (χ3n) is 12.1. The molecule has 0 radical (unpaired) electrons. The highest BCUT2D eigenvalue weighted by molar-refractivity contribution is 7.88. The van der Waals surface area contributed by atoms with E-state index in [1.165, 1.54) is 12.1 Å². The van der Waals surface area contributed by atoms with Gasteiger partial charge in [-0.3, -0.25) is 9.59 Å². The van der Waals surface area contributed by atoms with E-state index >= 15 is 0 Å². The van der Waals surface area contributed by atoms with Gasteiger partial charge >= 0.3 is 30.1 Å². The summed E-state index contributed by atoms with van der Waals surface area (Å²) >= 11 is 0. The number of phenolic OH excluding ortho intramolecular Hbond substituents is 1. The molecule has 0 aliphatic heterocycles. The lowest BCUT2D eigenvalue weighted by molar-refractivity contribution is -0.211. The molecule has 0 spiro atoms. The number of nitrogens with one attached hydrogen (secondary N) is 3. The summed E-state index contributed by atoms with van der Waals surface area (Å²) in [5.74, 6) is -4.23. The minimum absolute atomic E-state index is 0.00384. The average Bonchev–Trinajstić information content (AvgIpc) is 3.72. The van der Waals surface area contributed by atoms with E-state index in [1.54, 1.807) is 53.7 Å². The number of sulfonamides is 1. The van der Waals surface area contributed by atoms with E-state index in [1.807, 2.05) is 0 Å². The fourth-order valence-electron chi connectivity index (χ4n) is 8.80. The van der Waals surface area contributed by atoms with E-state index < -0.39 is 92.9 Å². The Morgan fingerprint density at radius 1 is 0.761 bits per heavy atom. The van der Waals surface area contributed by atoms with E-state index in [-0.39, 0.29) is 50.9 Å². The van der Waals surface area contributed by atoms with E-state index in [4.69, 9.17) is 23.8 Å². The van der Waals surface area contributed by atoms with Crippen molar-refractivity contribution in [3.63, 3.8) is 0 Å². The molecule has 67 heavy (non-hydrogen) atoms. The lowest BCUT2D eigenvalue weighted by Crippen LogP contribution is -2.52. The van der Waals surface area contributed by atoms with Gasteiger partial charge in [0, 0.05) is 19.5 Å². The van der Waals surface area contributed by atoms with E-state index in [0.717, 1.165) is 44.8 Å². The Balaban J connectivity index is 1.61. The fourth-order valence-corrected chi connectivity index (χ4v) is 9.54. The Morgan fingerprint density at radius 2 is 1.33 bits per heavy atom. The molecular formula is C48H76N4O14S. The van der Waals surface area contributed by atoms with Crippen LogP contribution in [-0.4, -0.2) is 109 Å². The standard InChI is InChI=1S/C48H76N4O14S/c1-46(2,3)64-41(55)34(32-50-40(54)38(51-67(7,60)61)22-14-17-29-49-44(58)65-47(4,5)6)31-48(27-15-16-28-48)43(57)66-52(45(59)63-37-20-12-9-13-21-37)39(30-33-23-25-35(53)26-24-33)42(56)62-36-18-10-8-11-19-36/h23-26,34,36-39,51,53H,8-22,27-32H2,1-7H3,(H,49,58)(H,50,54)/t34?,38-,39-/m0/s1. The summed E-state index contributed by atoms with van der Waals surface area (Å²) in [7, 11) is -3.88. The van der Waals surface area contributed by atoms with Crippen molar-refractivity contribution in [2.24, 2.45) is 11.3 Å². The van der Waals surface area contributed by atoms with Crippen molar-refractivity contribution in [3.05, 3.63) is 29.8 Å². The molecule has 3 saturated carbocycles. The molecule has 19 heteroatoms. The van der Waals surface area contributed by atoms with Gasteiger partial charge in [-0.05, 0) is 149 Å². The largest absolute Gasteiger partial charge is 0.508 e. The van der Waals surface area contributed by atoms with E-state index in [0.29, 0.717) is 62.0 Å². The van der Waals surface area contributed by atoms with Crippen LogP contribution >= 0.6 is 0 Å². The van der Waals surface area contributed by atoms with E-state index in [2.05, 4.69) is 15.4 Å². The lowest BCUT2D eigenvalue weighted by atomic mass is 9.77. The Kier molecular flexibility index (Phi) is 20.6. The number of amides is 3. The number of esters is 2. The molecule has 18 nitrogen and oxygen atoms in total. The second kappa shape index (κ2) is 25.1. The van der Waals surface area contributed by atoms with Crippen molar-refractivity contribution < 1.29 is 66.1 Å². The van der Waals surface area contributed by atoms with Crippen LogP contribution in [0, 0.1) is 11.3 Å². The number of carbonyl (C=O) groups excluding carboxylic acids is 6. The number of unbranched alkanes of at least 4 members (excludes halogenated alkanes) is 1. The molecular weight excluding hydrogens is 889 g/mol. The van der Waals surface area contributed by atoms with Crippen LogP contribution in [0.2, 0.25) is 0 Å². The monoisotopic (exact) mass is 965 g/mol. The topological polar surface area (TPSA) is 242 Å². The number of nitrogens with zero attached hydrogens (tertiary/aromatic N) is 1. The smallest absolute Gasteiger partial charge is 0.444 e. The van der Waals surface area contributed by atoms with Gasteiger partial charge in [-0.25, -0.2) is 32.3 Å². The van der Waals surface area contributed by atoms with Crippen molar-refractivity contribution in [1.82, 2.24) is 20.4 Å². The quantitative estimate of drug-likeness (QED) is 0.0443. The second-order valence-corrected chi connectivity index (χ2v) is 22.2. The molecule has 3 aliphatic rings. The van der Waals surface area contributed by atoms with Crippen LogP contribution in [0.15, 0.2) is 24.3 Å². The maximum atomic E-state index is 14.9. The molecule has 0 heterocycles. The van der Waals surface area contributed by atoms with Crippen molar-refractivity contribution in [1.29, 1.82) is 0 Å². The molecule has 3 fully saturated rings. The number of benzene rings is 1. The number of aromatic hydroxyl groups is 1. The molecule has 0 bridgehead atoms. The van der Waals surface area contributed by atoms with Crippen LogP contribution in [0.5, 0.6) is 5.75 Å². The zero-order valence-electron chi connectivity index (χ0n) is 40.7. The van der Waals surface area contributed by atoms with Crippen molar-refractivity contribution >= 4 is 46.0 Å². The van der Waals surface area contributed by atoms with E-state index in [9.17, 15) is 42.3 Å². The first-order valence-electron chi connectivity index (χ1n) is 24.1. The molecule has 1 unspecified atom stereocenters. The summed E-state index contributed by atoms with van der Waals surface area (Å²) < 4.78 is 50.2. The van der Waals surface area contributed by atoms with Crippen LogP contribution in [-0.2, 0) is 59.4 Å². The van der Waals surface area contributed by atoms with Crippen LogP contribution in [0.3, 0.4) is 0 Å². The molecule has 1 aromatic rings. The highest BCUT2D eigenvalue weighted by Crippen LogP contribution is 2.45. The van der Waals surface area contributed by atoms with Crippen LogP contribution in [0.25, 0.3) is 0 Å². The summed E-state index contributed by atoms with van der Waals surface area (Å²) in [6, 6.07) is 3.39. The minimum Gasteiger partial charge on any atom is -0.508 e. The predicted octanol–water partition coefficient (Wildman–Crippen LogP) is 7.05. The summed E-state index contributed by atoms with van der Waals surface area (Å²) in [5.41, 5.74) is -2.49. The Hall–Kier alpha value is -4.65. The van der Waals surface area contributed by atoms with Gasteiger partial charge in [-0.1, -0.05) is 37.8 Å². The molecule has 378 valence electrons. The molecule has 0 saturated heterocycles. The van der Waals surface area contributed by atoms with Crippen LogP contribution in [0.1, 0.15) is 163 Å². The van der Waals surface area contributed by atoms with Gasteiger partial charge in [0.15, 0.2) is 6.04 Å². The number of ether oxygens (including phenoxy) is 4. The zero-order valence-corrected chi connectivity index (χ0v) is 41.5. The highest BCUT2D eigenvalue weighted by atomic mass is 32.2. The Labute approximate surface area is 396 Å². The average molecular weight is 965 g/mol. The number of rotatable bonds is 20. The summed E-state index contributed by atoms with van der Waals surface area (Å²) in [5, 5.41) is 16.1. The molecule has 1 aromatic carbocycles. The van der Waals surface area contributed by atoms with Gasteiger partial charge in [0.25, 0.3) is 0 Å². The molecule has 4 N–H and O–H groups in total. The first-order chi connectivity index (χ1) is 31.4. The van der Waals surface area contributed by atoms with Gasteiger partial charge in [-0.15, -0.1) is 5.06 Å². The van der Waals surface area contributed by atoms with Gasteiger partial charge in [0.05, 0.1) is 17.6 Å². The van der Waals surface area contributed by atoms with Crippen LogP contribution in [0.4, 0.5) is 9.59 Å². The predicted molar refractivity (Wildman–Crippen MR) is 248 cm³/mol. The SMILES string of the molecule is CC(C)(C)OC(=O)NCCCC[C@H](NS(C)(=O)=O)C(=O)NCC(CC1(C(=O)ON(C(=O)OC2CCCCC2)[C@@H](Cc2ccc(O)cc2)C(=O)OC2CCCCC2)CCCC1)C(=O)OC(C)(C)C. The lowest BCUT2D eigenvalue weighted by Gasteiger charge is -2.36. The van der Waals surface area contributed by atoms with Gasteiger partial charge < -0.3 is 39.5 Å². The summed E-state index contributed by atoms with van der Waals surface area (Å²) in [6.45, 7) is 10.1. The molecule has 3 atom stereocenters. The van der Waals surface area contributed by atoms with Gasteiger partial charge in [-0.2, -0.15) is 0 Å². The van der Waals surface area contributed by atoms with Gasteiger partial charge in [0.2, 0.25) is 15.9 Å². The van der Waals surface area contributed by atoms with Crippen molar-refractivity contribution in [2.75, 3.05) is 19.3 Å². The molecule has 4 rings (SSSR count). The first-order valence-corrected chi connectivity index (χ1v) is 26.0. The number of alkyl carbamates (subject to hydrolysis) is 1. The van der Waals surface area contributed by atoms with Crippen molar-refractivity contribution in [2.45, 2.75) is 199 Å². The molecule has 0 aromatic heterocycles. The van der Waals surface area contributed by atoms with Crippen molar-refractivity contribution in [3.8, 4) is 5.75 Å². The van der Waals surface area contributed by atoms with Gasteiger partial charge in [0.1, 0.15) is 35.2 Å². The highest BCUT2D eigenvalue weighted by Gasteiger charge is 2.49. The Bertz CT molecular complexity index is 1910. The fraction of sp³-hybridized carbons (Fsp3) is 0.750. The van der Waals surface area contributed by atoms with Crippen LogP contribution < -0.4 is 15.4 Å². The summed E-state index contributed by atoms with van der Waals surface area (Å²) in [4.78, 5) is 89.6. The number of hydrogen-bond donors (Lipinski definition) is 4. The maximum absolute atomic E-state index is 14.9. The minimum atomic E-state index is -3.88. The third kappa shape index (κ3) is 19.5. The number of hydroxylamine groups is 2. The molecule has 3 amide bonds. The second-order valence-electron chi connectivity index (χ2n) is 20.5. The first kappa shape index (κ1) is 55.0. The third-order valence-corrected chi connectivity index (χ3v) is 12.8. The zero-order chi connectivity index (χ0) is 49.4. The maximum Gasteiger partial charge on any atom is 0.444 e. The number of hydrogen-bond acceptors (Lipinski definition) is 14. The summed E-state index contributed by atoms with van der Waals surface area (Å²) in [6.07, 6.45) is 8.43. The normalized spacial score (nSPS) is 18.4. The molecule has 3 aliphatic carbocycles. The number of carbonyl (C=O) groups is 6.